The highest BCUT2D eigenvalue weighted by molar-refractivity contribution is 7.99. The molecule has 1 aliphatic heterocycles. The van der Waals surface area contributed by atoms with Gasteiger partial charge in [0.25, 0.3) is 0 Å². The fraction of sp³-hybridized carbons (Fsp3) is 0.714. The lowest BCUT2D eigenvalue weighted by atomic mass is 10.3. The number of nitrogens with one attached hydrogen (secondary N) is 1. The first-order valence-electron chi connectivity index (χ1n) is 6.85. The maximum absolute atomic E-state index is 5.83. The molecule has 2 aliphatic rings. The maximum atomic E-state index is 5.83. The molecule has 0 bridgehead atoms. The van der Waals surface area contributed by atoms with Gasteiger partial charge in [-0.15, -0.1) is 11.8 Å². The Bertz CT molecular complexity index is 389. The van der Waals surface area contributed by atoms with Crippen molar-refractivity contribution in [1.82, 2.24) is 5.32 Å². The normalized spacial score (nSPS) is 27.8. The van der Waals surface area contributed by atoms with E-state index in [9.17, 15) is 0 Å². The Labute approximate surface area is 113 Å². The predicted molar refractivity (Wildman–Crippen MR) is 73.7 cm³/mol. The Morgan fingerprint density at radius 3 is 2.83 bits per heavy atom. The van der Waals surface area contributed by atoms with Crippen LogP contribution in [0.25, 0.3) is 0 Å². The third-order valence-electron chi connectivity index (χ3n) is 3.61. The smallest absolute Gasteiger partial charge is 0.118 e. The number of thioether (sulfide) groups is 1. The Balaban J connectivity index is 1.44. The van der Waals surface area contributed by atoms with E-state index in [4.69, 9.17) is 9.15 Å². The number of hydrogen-bond acceptors (Lipinski definition) is 4. The minimum absolute atomic E-state index is 0.390. The minimum Gasteiger partial charge on any atom is -0.464 e. The topological polar surface area (TPSA) is 34.4 Å². The summed E-state index contributed by atoms with van der Waals surface area (Å²) in [6, 6.07) is 4.95. The Morgan fingerprint density at radius 2 is 2.11 bits per heavy atom. The SMILES string of the molecule is CC1OCCC1SCc1ccc(CNC2CC2)o1. The largest absolute Gasteiger partial charge is 0.464 e. The zero-order valence-electron chi connectivity index (χ0n) is 10.9. The molecule has 4 heteroatoms. The summed E-state index contributed by atoms with van der Waals surface area (Å²) >= 11 is 1.96. The molecule has 0 spiro atoms. The highest BCUT2D eigenvalue weighted by atomic mass is 32.2. The maximum Gasteiger partial charge on any atom is 0.118 e. The molecule has 3 nitrogen and oxygen atoms in total. The van der Waals surface area contributed by atoms with E-state index in [1.807, 2.05) is 11.8 Å². The first-order valence-corrected chi connectivity index (χ1v) is 7.90. The van der Waals surface area contributed by atoms with E-state index in [1.54, 1.807) is 0 Å². The second kappa shape index (κ2) is 5.68. The molecule has 2 fully saturated rings. The average Bonchev–Trinajstić information content (AvgIpc) is 2.94. The van der Waals surface area contributed by atoms with Crippen LogP contribution in [0.5, 0.6) is 0 Å². The van der Waals surface area contributed by atoms with Crippen molar-refractivity contribution in [1.29, 1.82) is 0 Å². The van der Waals surface area contributed by atoms with Gasteiger partial charge in [-0.3, -0.25) is 0 Å². The van der Waals surface area contributed by atoms with Crippen LogP contribution < -0.4 is 5.32 Å². The van der Waals surface area contributed by atoms with Gasteiger partial charge >= 0.3 is 0 Å². The fourth-order valence-electron chi connectivity index (χ4n) is 2.25. The van der Waals surface area contributed by atoms with Crippen molar-refractivity contribution in [3.63, 3.8) is 0 Å². The molecule has 0 aromatic carbocycles. The molecule has 1 aliphatic carbocycles. The fourth-order valence-corrected chi connectivity index (χ4v) is 3.39. The number of ether oxygens (including phenoxy) is 1. The Morgan fingerprint density at radius 1 is 1.28 bits per heavy atom. The summed E-state index contributed by atoms with van der Waals surface area (Å²) in [6.07, 6.45) is 4.20. The van der Waals surface area contributed by atoms with Gasteiger partial charge in [-0.25, -0.2) is 0 Å². The second-order valence-corrected chi connectivity index (χ2v) is 6.46. The number of furan rings is 1. The van der Waals surface area contributed by atoms with E-state index >= 15 is 0 Å². The lowest BCUT2D eigenvalue weighted by molar-refractivity contribution is 0.127. The van der Waals surface area contributed by atoms with Crippen LogP contribution in [0.4, 0.5) is 0 Å². The summed E-state index contributed by atoms with van der Waals surface area (Å²) in [6.45, 7) is 3.95. The summed E-state index contributed by atoms with van der Waals surface area (Å²) < 4.78 is 11.4. The average molecular weight is 267 g/mol. The van der Waals surface area contributed by atoms with Crippen LogP contribution in [0.2, 0.25) is 0 Å². The quantitative estimate of drug-likeness (QED) is 0.859. The second-order valence-electron chi connectivity index (χ2n) is 5.24. The van der Waals surface area contributed by atoms with E-state index in [0.29, 0.717) is 11.4 Å². The van der Waals surface area contributed by atoms with Gasteiger partial charge < -0.3 is 14.5 Å². The molecule has 0 amide bonds. The lowest BCUT2D eigenvalue weighted by Crippen LogP contribution is -2.14. The predicted octanol–water partition coefficient (Wildman–Crippen LogP) is 2.94. The molecule has 1 aromatic rings. The zero-order valence-corrected chi connectivity index (χ0v) is 11.7. The molecule has 18 heavy (non-hydrogen) atoms. The first kappa shape index (κ1) is 12.6. The minimum atomic E-state index is 0.390. The van der Waals surface area contributed by atoms with Gasteiger partial charge in [-0.1, -0.05) is 0 Å². The highest BCUT2D eigenvalue weighted by Gasteiger charge is 2.25. The van der Waals surface area contributed by atoms with Gasteiger partial charge in [-0.05, 0) is 38.3 Å². The molecule has 100 valence electrons. The molecule has 2 heterocycles. The number of hydrogen-bond donors (Lipinski definition) is 1. The van der Waals surface area contributed by atoms with E-state index in [1.165, 1.54) is 19.3 Å². The van der Waals surface area contributed by atoms with E-state index in [2.05, 4.69) is 24.4 Å². The van der Waals surface area contributed by atoms with Crippen LogP contribution >= 0.6 is 11.8 Å². The molecular formula is C14H21NO2S. The molecule has 1 N–H and O–H groups in total. The van der Waals surface area contributed by atoms with Gasteiger partial charge in [0, 0.05) is 17.9 Å². The van der Waals surface area contributed by atoms with Crippen LogP contribution in [0.1, 0.15) is 37.7 Å². The molecule has 1 saturated carbocycles. The lowest BCUT2D eigenvalue weighted by Gasteiger charge is -2.12. The van der Waals surface area contributed by atoms with Crippen LogP contribution in [-0.2, 0) is 17.0 Å². The molecule has 3 rings (SSSR count). The molecule has 2 atom stereocenters. The summed E-state index contributed by atoms with van der Waals surface area (Å²) in [5, 5.41) is 4.10. The standard InChI is InChI=1S/C14H21NO2S/c1-10-14(6-7-16-10)18-9-13-5-4-12(17-13)8-15-11-2-3-11/h4-5,10-11,14-15H,2-3,6-9H2,1H3. The van der Waals surface area contributed by atoms with Gasteiger partial charge in [0.15, 0.2) is 0 Å². The first-order chi connectivity index (χ1) is 8.81. The Hall–Kier alpha value is -0.450. The van der Waals surface area contributed by atoms with Crippen molar-refractivity contribution in [2.24, 2.45) is 0 Å². The molecule has 2 unspecified atom stereocenters. The summed E-state index contributed by atoms with van der Waals surface area (Å²) in [5.41, 5.74) is 0. The van der Waals surface area contributed by atoms with Crippen molar-refractivity contribution in [3.05, 3.63) is 23.7 Å². The molecule has 1 aromatic heterocycles. The van der Waals surface area contributed by atoms with Crippen molar-refractivity contribution in [2.75, 3.05) is 6.61 Å². The van der Waals surface area contributed by atoms with Crippen molar-refractivity contribution < 1.29 is 9.15 Å². The summed E-state index contributed by atoms with van der Waals surface area (Å²) in [7, 11) is 0. The van der Waals surface area contributed by atoms with Gasteiger partial charge in [-0.2, -0.15) is 0 Å². The summed E-state index contributed by atoms with van der Waals surface area (Å²) in [5.74, 6) is 3.11. The van der Waals surface area contributed by atoms with Crippen LogP contribution in [0.3, 0.4) is 0 Å². The number of rotatable bonds is 6. The van der Waals surface area contributed by atoms with Gasteiger partial charge in [0.1, 0.15) is 11.5 Å². The zero-order chi connectivity index (χ0) is 12.4. The van der Waals surface area contributed by atoms with Gasteiger partial charge in [0.05, 0.1) is 18.4 Å². The summed E-state index contributed by atoms with van der Waals surface area (Å²) in [4.78, 5) is 0. The third kappa shape index (κ3) is 3.31. The van der Waals surface area contributed by atoms with Crippen molar-refractivity contribution in [3.8, 4) is 0 Å². The van der Waals surface area contributed by atoms with Crippen LogP contribution in [0.15, 0.2) is 16.5 Å². The monoisotopic (exact) mass is 267 g/mol. The van der Waals surface area contributed by atoms with Crippen LogP contribution in [0, 0.1) is 0 Å². The van der Waals surface area contributed by atoms with Gasteiger partial charge in [0.2, 0.25) is 0 Å². The van der Waals surface area contributed by atoms with Crippen molar-refractivity contribution in [2.45, 2.75) is 55.9 Å². The highest BCUT2D eigenvalue weighted by Crippen LogP contribution is 2.29. The van der Waals surface area contributed by atoms with E-state index in [0.717, 1.165) is 36.5 Å². The molecule has 1 saturated heterocycles. The van der Waals surface area contributed by atoms with E-state index < -0.39 is 0 Å². The third-order valence-corrected chi connectivity index (χ3v) is 5.10. The van der Waals surface area contributed by atoms with E-state index in [-0.39, 0.29) is 0 Å². The Kier molecular flexibility index (Phi) is 3.97. The molecular weight excluding hydrogens is 246 g/mol. The molecule has 0 radical (unpaired) electrons. The van der Waals surface area contributed by atoms with Crippen LogP contribution in [-0.4, -0.2) is 24.0 Å². The van der Waals surface area contributed by atoms with Crippen molar-refractivity contribution >= 4 is 11.8 Å².